The SMILES string of the molecule is CCOc1ccccc1OCCCC(=O)NC(C)c1ccccc1C. The molecular weight excluding hydrogens is 314 g/mol. The molecule has 25 heavy (non-hydrogen) atoms. The van der Waals surface area contributed by atoms with E-state index >= 15 is 0 Å². The van der Waals surface area contributed by atoms with E-state index in [-0.39, 0.29) is 11.9 Å². The summed E-state index contributed by atoms with van der Waals surface area (Å²) in [5, 5.41) is 3.05. The van der Waals surface area contributed by atoms with Crippen molar-refractivity contribution < 1.29 is 14.3 Å². The zero-order chi connectivity index (χ0) is 18.1. The van der Waals surface area contributed by atoms with Crippen LogP contribution >= 0.6 is 0 Å². The van der Waals surface area contributed by atoms with Crippen LogP contribution in [0.3, 0.4) is 0 Å². The van der Waals surface area contributed by atoms with Crippen molar-refractivity contribution in [2.24, 2.45) is 0 Å². The van der Waals surface area contributed by atoms with E-state index in [0.29, 0.717) is 26.1 Å². The molecule has 4 heteroatoms. The van der Waals surface area contributed by atoms with Crippen LogP contribution in [0, 0.1) is 6.92 Å². The molecule has 1 atom stereocenters. The van der Waals surface area contributed by atoms with E-state index in [1.54, 1.807) is 0 Å². The van der Waals surface area contributed by atoms with Crippen molar-refractivity contribution in [3.05, 3.63) is 59.7 Å². The van der Waals surface area contributed by atoms with E-state index in [9.17, 15) is 4.79 Å². The zero-order valence-corrected chi connectivity index (χ0v) is 15.2. The highest BCUT2D eigenvalue weighted by atomic mass is 16.5. The van der Waals surface area contributed by atoms with Crippen molar-refractivity contribution in [2.75, 3.05) is 13.2 Å². The molecule has 1 N–H and O–H groups in total. The molecule has 0 radical (unpaired) electrons. The van der Waals surface area contributed by atoms with E-state index in [0.717, 1.165) is 17.1 Å². The number of ether oxygens (including phenoxy) is 2. The average Bonchev–Trinajstić information content (AvgIpc) is 2.60. The summed E-state index contributed by atoms with van der Waals surface area (Å²) < 4.78 is 11.3. The number of benzene rings is 2. The third-order valence-electron chi connectivity index (χ3n) is 3.99. The maximum atomic E-state index is 12.1. The molecule has 134 valence electrons. The van der Waals surface area contributed by atoms with Gasteiger partial charge >= 0.3 is 0 Å². The van der Waals surface area contributed by atoms with E-state index in [2.05, 4.69) is 18.3 Å². The van der Waals surface area contributed by atoms with Gasteiger partial charge < -0.3 is 14.8 Å². The van der Waals surface area contributed by atoms with Gasteiger partial charge in [-0.3, -0.25) is 4.79 Å². The summed E-state index contributed by atoms with van der Waals surface area (Å²) in [6.07, 6.45) is 1.10. The molecular formula is C21H27NO3. The number of hydrogen-bond acceptors (Lipinski definition) is 3. The van der Waals surface area contributed by atoms with E-state index in [1.165, 1.54) is 5.56 Å². The fraction of sp³-hybridized carbons (Fsp3) is 0.381. The Morgan fingerprint density at radius 1 is 1.04 bits per heavy atom. The number of para-hydroxylation sites is 2. The van der Waals surface area contributed by atoms with Crippen LogP contribution in [0.25, 0.3) is 0 Å². The predicted octanol–water partition coefficient (Wildman–Crippen LogP) is 4.43. The van der Waals surface area contributed by atoms with Gasteiger partial charge in [-0.2, -0.15) is 0 Å². The van der Waals surface area contributed by atoms with Crippen molar-refractivity contribution in [1.82, 2.24) is 5.32 Å². The van der Waals surface area contributed by atoms with Gasteiger partial charge in [0.05, 0.1) is 19.3 Å². The fourth-order valence-corrected chi connectivity index (χ4v) is 2.72. The summed E-state index contributed by atoms with van der Waals surface area (Å²) in [6.45, 7) is 7.09. The third-order valence-corrected chi connectivity index (χ3v) is 3.99. The summed E-state index contributed by atoms with van der Waals surface area (Å²) in [5.41, 5.74) is 2.34. The maximum Gasteiger partial charge on any atom is 0.220 e. The van der Waals surface area contributed by atoms with E-state index in [4.69, 9.17) is 9.47 Å². The molecule has 4 nitrogen and oxygen atoms in total. The quantitative estimate of drug-likeness (QED) is 0.686. The van der Waals surface area contributed by atoms with Crippen molar-refractivity contribution in [3.63, 3.8) is 0 Å². The molecule has 2 rings (SSSR count). The lowest BCUT2D eigenvalue weighted by Crippen LogP contribution is -2.27. The Hall–Kier alpha value is -2.49. The number of carbonyl (C=O) groups is 1. The molecule has 0 aliphatic carbocycles. The summed E-state index contributed by atoms with van der Waals surface area (Å²) in [7, 11) is 0. The van der Waals surface area contributed by atoms with Gasteiger partial charge in [0.15, 0.2) is 11.5 Å². The summed E-state index contributed by atoms with van der Waals surface area (Å²) in [5.74, 6) is 1.50. The van der Waals surface area contributed by atoms with Crippen molar-refractivity contribution >= 4 is 5.91 Å². The average molecular weight is 341 g/mol. The molecule has 0 saturated carbocycles. The van der Waals surface area contributed by atoms with Crippen molar-refractivity contribution in [3.8, 4) is 11.5 Å². The minimum Gasteiger partial charge on any atom is -0.490 e. The van der Waals surface area contributed by atoms with Gasteiger partial charge in [-0.15, -0.1) is 0 Å². The molecule has 0 heterocycles. The second-order valence-corrected chi connectivity index (χ2v) is 5.98. The van der Waals surface area contributed by atoms with E-state index < -0.39 is 0 Å². The first-order valence-electron chi connectivity index (χ1n) is 8.81. The monoisotopic (exact) mass is 341 g/mol. The topological polar surface area (TPSA) is 47.6 Å². The van der Waals surface area contributed by atoms with Gasteiger partial charge in [-0.25, -0.2) is 0 Å². The highest BCUT2D eigenvalue weighted by Crippen LogP contribution is 2.26. The summed E-state index contributed by atoms with van der Waals surface area (Å²) in [4.78, 5) is 12.1. The van der Waals surface area contributed by atoms with Gasteiger partial charge in [0.1, 0.15) is 0 Å². The number of hydrogen-bond donors (Lipinski definition) is 1. The molecule has 2 aromatic carbocycles. The van der Waals surface area contributed by atoms with Crippen LogP contribution in [0.1, 0.15) is 43.9 Å². The number of nitrogens with one attached hydrogen (secondary N) is 1. The van der Waals surface area contributed by atoms with Gasteiger partial charge in [0, 0.05) is 6.42 Å². The number of rotatable bonds is 9. The van der Waals surface area contributed by atoms with Crippen molar-refractivity contribution in [2.45, 2.75) is 39.7 Å². The fourth-order valence-electron chi connectivity index (χ4n) is 2.72. The second kappa shape index (κ2) is 9.72. The van der Waals surface area contributed by atoms with Crippen LogP contribution in [0.2, 0.25) is 0 Å². The summed E-state index contributed by atoms with van der Waals surface area (Å²) >= 11 is 0. The maximum absolute atomic E-state index is 12.1. The molecule has 1 amide bonds. The highest BCUT2D eigenvalue weighted by molar-refractivity contribution is 5.76. The normalized spacial score (nSPS) is 11.6. The Bertz CT molecular complexity index is 684. The number of carbonyl (C=O) groups excluding carboxylic acids is 1. The zero-order valence-electron chi connectivity index (χ0n) is 15.2. The number of amides is 1. The minimum absolute atomic E-state index is 0.00768. The van der Waals surface area contributed by atoms with Crippen LogP contribution in [0.5, 0.6) is 11.5 Å². The molecule has 0 aliphatic rings. The largest absolute Gasteiger partial charge is 0.490 e. The van der Waals surface area contributed by atoms with Gasteiger partial charge in [0.2, 0.25) is 5.91 Å². The Morgan fingerprint density at radius 2 is 1.68 bits per heavy atom. The Balaban J connectivity index is 1.75. The second-order valence-electron chi connectivity index (χ2n) is 5.98. The third kappa shape index (κ3) is 5.82. The highest BCUT2D eigenvalue weighted by Gasteiger charge is 2.11. The first-order chi connectivity index (χ1) is 12.1. The molecule has 0 aromatic heterocycles. The Morgan fingerprint density at radius 3 is 2.36 bits per heavy atom. The first kappa shape index (κ1) is 18.8. The lowest BCUT2D eigenvalue weighted by atomic mass is 10.0. The lowest BCUT2D eigenvalue weighted by molar-refractivity contribution is -0.121. The molecule has 0 spiro atoms. The first-order valence-corrected chi connectivity index (χ1v) is 8.81. The molecule has 0 saturated heterocycles. The molecule has 0 fully saturated rings. The van der Waals surface area contributed by atoms with Crippen LogP contribution in [-0.4, -0.2) is 19.1 Å². The van der Waals surface area contributed by atoms with Gasteiger partial charge in [-0.05, 0) is 50.5 Å². The van der Waals surface area contributed by atoms with E-state index in [1.807, 2.05) is 56.3 Å². The standard InChI is InChI=1S/C21H27NO3/c1-4-24-19-12-7-8-13-20(19)25-15-9-14-21(23)22-17(3)18-11-6-5-10-16(18)2/h5-8,10-13,17H,4,9,14-15H2,1-3H3,(H,22,23). The Kier molecular flexibility index (Phi) is 7.33. The van der Waals surface area contributed by atoms with Crippen LogP contribution in [-0.2, 0) is 4.79 Å². The minimum atomic E-state index is 0.00768. The number of aryl methyl sites for hydroxylation is 1. The van der Waals surface area contributed by atoms with Crippen molar-refractivity contribution in [1.29, 1.82) is 0 Å². The summed E-state index contributed by atoms with van der Waals surface area (Å²) in [6, 6.07) is 15.7. The molecule has 0 bridgehead atoms. The molecule has 0 aliphatic heterocycles. The van der Waals surface area contributed by atoms with Crippen LogP contribution in [0.4, 0.5) is 0 Å². The van der Waals surface area contributed by atoms with Gasteiger partial charge in [-0.1, -0.05) is 36.4 Å². The Labute approximate surface area is 150 Å². The molecule has 2 aromatic rings. The lowest BCUT2D eigenvalue weighted by Gasteiger charge is -2.16. The predicted molar refractivity (Wildman–Crippen MR) is 100 cm³/mol. The van der Waals surface area contributed by atoms with Crippen LogP contribution in [0.15, 0.2) is 48.5 Å². The van der Waals surface area contributed by atoms with Crippen LogP contribution < -0.4 is 14.8 Å². The van der Waals surface area contributed by atoms with Gasteiger partial charge in [0.25, 0.3) is 0 Å². The smallest absolute Gasteiger partial charge is 0.220 e. The molecule has 1 unspecified atom stereocenters.